The van der Waals surface area contributed by atoms with Crippen LogP contribution in [0.4, 0.5) is 0 Å². The molecule has 1 aliphatic rings. The monoisotopic (exact) mass is 382 g/mol. The molecule has 1 saturated heterocycles. The van der Waals surface area contributed by atoms with Crippen molar-refractivity contribution in [3.8, 4) is 0 Å². The van der Waals surface area contributed by atoms with E-state index >= 15 is 0 Å². The van der Waals surface area contributed by atoms with E-state index < -0.39 is 28.0 Å². The summed E-state index contributed by atoms with van der Waals surface area (Å²) in [7, 11) is -3.64. The summed E-state index contributed by atoms with van der Waals surface area (Å²) in [5.41, 5.74) is 0.745. The maximum Gasteiger partial charge on any atom is 0.339 e. The second-order valence-electron chi connectivity index (χ2n) is 6.38. The summed E-state index contributed by atoms with van der Waals surface area (Å²) in [5, 5.41) is 2.58. The number of hydrogen-bond acceptors (Lipinski definition) is 5. The molecule has 1 heterocycles. The number of likely N-dealkylation sites (N-methyl/N-ethyl adjacent to an activating group) is 1. The van der Waals surface area contributed by atoms with Crippen LogP contribution in [-0.2, 0) is 19.6 Å². The van der Waals surface area contributed by atoms with Crippen LogP contribution in [-0.4, -0.2) is 50.3 Å². The average molecular weight is 382 g/mol. The van der Waals surface area contributed by atoms with Crippen LogP contribution in [0, 0.1) is 6.92 Å². The summed E-state index contributed by atoms with van der Waals surface area (Å²) in [5.74, 6) is -1.10. The van der Waals surface area contributed by atoms with Crippen molar-refractivity contribution in [2.24, 2.45) is 0 Å². The normalized spacial score (nSPS) is 16.7. The van der Waals surface area contributed by atoms with Gasteiger partial charge in [0.15, 0.2) is 6.10 Å². The van der Waals surface area contributed by atoms with Crippen molar-refractivity contribution in [1.29, 1.82) is 0 Å². The Balaban J connectivity index is 2.23. The standard InChI is InChI=1S/C18H26N2O5S/c1-4-19-17(21)14(3)25-18(22)16-12-15(9-8-13(16)2)26(23,24)20-10-6-5-7-11-20/h8-9,12,14H,4-7,10-11H2,1-3H3,(H,19,21)/t14-/m0/s1. The molecule has 0 aromatic heterocycles. The molecule has 1 amide bonds. The fourth-order valence-corrected chi connectivity index (χ4v) is 4.38. The molecule has 26 heavy (non-hydrogen) atoms. The zero-order chi connectivity index (χ0) is 19.3. The quantitative estimate of drug-likeness (QED) is 0.758. The lowest BCUT2D eigenvalue weighted by Crippen LogP contribution is -2.36. The predicted molar refractivity (Wildman–Crippen MR) is 97.4 cm³/mol. The summed E-state index contributed by atoms with van der Waals surface area (Å²) >= 11 is 0. The van der Waals surface area contributed by atoms with E-state index in [-0.39, 0.29) is 10.5 Å². The summed E-state index contributed by atoms with van der Waals surface area (Å²) in [6, 6.07) is 4.43. The van der Waals surface area contributed by atoms with Gasteiger partial charge in [-0.1, -0.05) is 12.5 Å². The van der Waals surface area contributed by atoms with Gasteiger partial charge in [0.2, 0.25) is 10.0 Å². The first-order chi connectivity index (χ1) is 12.3. The molecule has 1 aliphatic heterocycles. The zero-order valence-corrected chi connectivity index (χ0v) is 16.3. The molecule has 0 saturated carbocycles. The van der Waals surface area contributed by atoms with Crippen molar-refractivity contribution < 1.29 is 22.7 Å². The van der Waals surface area contributed by atoms with Crippen LogP contribution in [0.1, 0.15) is 49.0 Å². The molecule has 1 aromatic rings. The highest BCUT2D eigenvalue weighted by Gasteiger charge is 2.28. The highest BCUT2D eigenvalue weighted by Crippen LogP contribution is 2.23. The fourth-order valence-electron chi connectivity index (χ4n) is 2.83. The van der Waals surface area contributed by atoms with Gasteiger partial charge in [0.05, 0.1) is 10.5 Å². The first kappa shape index (κ1) is 20.4. The first-order valence-corrected chi connectivity index (χ1v) is 10.3. The summed E-state index contributed by atoms with van der Waals surface area (Å²) in [6.07, 6.45) is 1.74. The summed E-state index contributed by atoms with van der Waals surface area (Å²) < 4.78 is 32.2. The third-order valence-corrected chi connectivity index (χ3v) is 6.28. The third-order valence-electron chi connectivity index (χ3n) is 4.39. The minimum atomic E-state index is -3.64. The lowest BCUT2D eigenvalue weighted by Gasteiger charge is -2.26. The van der Waals surface area contributed by atoms with E-state index in [0.717, 1.165) is 19.3 Å². The highest BCUT2D eigenvalue weighted by atomic mass is 32.2. The number of nitrogens with zero attached hydrogens (tertiary/aromatic N) is 1. The van der Waals surface area contributed by atoms with E-state index in [1.807, 2.05) is 0 Å². The number of carbonyl (C=O) groups is 2. The molecular formula is C18H26N2O5S. The molecular weight excluding hydrogens is 356 g/mol. The summed E-state index contributed by atoms with van der Waals surface area (Å²) in [6.45, 7) is 6.36. The van der Waals surface area contributed by atoms with E-state index in [0.29, 0.717) is 25.2 Å². The molecule has 144 valence electrons. The van der Waals surface area contributed by atoms with Crippen LogP contribution in [0.5, 0.6) is 0 Å². The van der Waals surface area contributed by atoms with Gasteiger partial charge in [-0.05, 0) is 51.3 Å². The number of rotatable bonds is 6. The third kappa shape index (κ3) is 4.62. The van der Waals surface area contributed by atoms with Gasteiger partial charge in [0, 0.05) is 19.6 Å². The van der Waals surface area contributed by atoms with Crippen molar-refractivity contribution >= 4 is 21.9 Å². The number of esters is 1. The maximum absolute atomic E-state index is 12.8. The van der Waals surface area contributed by atoms with E-state index in [1.165, 1.54) is 23.4 Å². The number of aryl methyl sites for hydroxylation is 1. The number of ether oxygens (including phenoxy) is 1. The molecule has 0 spiro atoms. The van der Waals surface area contributed by atoms with Gasteiger partial charge in [-0.25, -0.2) is 13.2 Å². The number of benzene rings is 1. The molecule has 1 atom stereocenters. The van der Waals surface area contributed by atoms with Crippen LogP contribution >= 0.6 is 0 Å². The van der Waals surface area contributed by atoms with Gasteiger partial charge in [0.1, 0.15) is 0 Å². The number of hydrogen-bond donors (Lipinski definition) is 1. The van der Waals surface area contributed by atoms with Crippen LogP contribution in [0.2, 0.25) is 0 Å². The van der Waals surface area contributed by atoms with Gasteiger partial charge in [0.25, 0.3) is 5.91 Å². The molecule has 0 bridgehead atoms. The lowest BCUT2D eigenvalue weighted by molar-refractivity contribution is -0.128. The van der Waals surface area contributed by atoms with Crippen molar-refractivity contribution in [3.05, 3.63) is 29.3 Å². The predicted octanol–water partition coefficient (Wildman–Crippen LogP) is 1.85. The molecule has 1 aromatic carbocycles. The van der Waals surface area contributed by atoms with E-state index in [1.54, 1.807) is 19.9 Å². The number of amides is 1. The van der Waals surface area contributed by atoms with Crippen LogP contribution in [0.3, 0.4) is 0 Å². The smallest absolute Gasteiger partial charge is 0.339 e. The molecule has 0 aliphatic carbocycles. The molecule has 0 radical (unpaired) electrons. The van der Waals surface area contributed by atoms with E-state index in [9.17, 15) is 18.0 Å². The van der Waals surface area contributed by atoms with Gasteiger partial charge in [-0.2, -0.15) is 4.31 Å². The Hall–Kier alpha value is -1.93. The average Bonchev–Trinajstić information content (AvgIpc) is 2.62. The van der Waals surface area contributed by atoms with Crippen molar-refractivity contribution in [2.45, 2.75) is 51.0 Å². The van der Waals surface area contributed by atoms with E-state index in [2.05, 4.69) is 5.32 Å². The Morgan fingerprint density at radius 3 is 2.50 bits per heavy atom. The number of sulfonamides is 1. The number of nitrogens with one attached hydrogen (secondary N) is 1. The van der Waals surface area contributed by atoms with Gasteiger partial charge in [-0.3, -0.25) is 4.79 Å². The second kappa shape index (κ2) is 8.64. The maximum atomic E-state index is 12.8. The van der Waals surface area contributed by atoms with Crippen molar-refractivity contribution in [3.63, 3.8) is 0 Å². The van der Waals surface area contributed by atoms with E-state index in [4.69, 9.17) is 4.74 Å². The Kier molecular flexibility index (Phi) is 6.77. The fraction of sp³-hybridized carbons (Fsp3) is 0.556. The highest BCUT2D eigenvalue weighted by molar-refractivity contribution is 7.89. The molecule has 0 unspecified atom stereocenters. The zero-order valence-electron chi connectivity index (χ0n) is 15.4. The SMILES string of the molecule is CCNC(=O)[C@H](C)OC(=O)c1cc(S(=O)(=O)N2CCCCC2)ccc1C. The number of carbonyl (C=O) groups excluding carboxylic acids is 2. The second-order valence-corrected chi connectivity index (χ2v) is 8.32. The molecule has 8 heteroatoms. The molecule has 2 rings (SSSR count). The molecule has 1 fully saturated rings. The van der Waals surface area contributed by atoms with Crippen molar-refractivity contribution in [2.75, 3.05) is 19.6 Å². The largest absolute Gasteiger partial charge is 0.449 e. The van der Waals surface area contributed by atoms with Gasteiger partial charge < -0.3 is 10.1 Å². The Morgan fingerprint density at radius 2 is 1.88 bits per heavy atom. The summed E-state index contributed by atoms with van der Waals surface area (Å²) in [4.78, 5) is 24.2. The Labute approximate surface area is 154 Å². The Bertz CT molecular complexity index is 770. The molecule has 1 N–H and O–H groups in total. The topological polar surface area (TPSA) is 92.8 Å². The van der Waals surface area contributed by atoms with Crippen molar-refractivity contribution in [1.82, 2.24) is 9.62 Å². The van der Waals surface area contributed by atoms with Gasteiger partial charge in [-0.15, -0.1) is 0 Å². The van der Waals surface area contributed by atoms with Gasteiger partial charge >= 0.3 is 5.97 Å². The number of piperidine rings is 1. The van der Waals surface area contributed by atoms with Crippen LogP contribution in [0.15, 0.2) is 23.1 Å². The Morgan fingerprint density at radius 1 is 1.23 bits per heavy atom. The minimum Gasteiger partial charge on any atom is -0.449 e. The lowest BCUT2D eigenvalue weighted by atomic mass is 10.1. The first-order valence-electron chi connectivity index (χ1n) is 8.87. The molecule has 7 nitrogen and oxygen atoms in total. The van der Waals surface area contributed by atoms with Crippen LogP contribution in [0.25, 0.3) is 0 Å². The van der Waals surface area contributed by atoms with Crippen LogP contribution < -0.4 is 5.32 Å². The minimum absolute atomic E-state index is 0.0719.